The molecule has 1 rings (SSSR count). The number of carbonyl (C=O) groups is 2. The number of anilines is 1. The third-order valence-electron chi connectivity index (χ3n) is 7.66. The number of unbranched alkanes of at least 4 members (excludes halogenated alkanes) is 15. The molecule has 0 amide bonds. The molecule has 8 nitrogen and oxygen atoms in total. The van der Waals surface area contributed by atoms with Crippen LogP contribution in [0.5, 0.6) is 0 Å². The lowest BCUT2D eigenvalue weighted by Gasteiger charge is -2.09. The lowest BCUT2D eigenvalue weighted by molar-refractivity contribution is -0.145. The summed E-state index contributed by atoms with van der Waals surface area (Å²) in [6, 6.07) is 7.30. The van der Waals surface area contributed by atoms with E-state index in [0.717, 1.165) is 37.9 Å². The summed E-state index contributed by atoms with van der Waals surface area (Å²) in [7, 11) is 0. The first-order valence-electron chi connectivity index (χ1n) is 18.1. The Balaban J connectivity index is 1.78. The molecule has 8 heteroatoms. The summed E-state index contributed by atoms with van der Waals surface area (Å²) in [6.45, 7) is 8.20. The fourth-order valence-electron chi connectivity index (χ4n) is 4.88. The van der Waals surface area contributed by atoms with Gasteiger partial charge >= 0.3 is 11.9 Å². The van der Waals surface area contributed by atoms with Gasteiger partial charge in [0.1, 0.15) is 13.2 Å². The van der Waals surface area contributed by atoms with Gasteiger partial charge in [-0.05, 0) is 37.1 Å². The molecule has 260 valence electrons. The molecule has 1 aromatic carbocycles. The molecule has 0 unspecified atom stereocenters. The standard InChI is InChI=1S/C37H65NO7/c1-3-5-7-8-9-10-11-12-13-14-15-16-17-18-19-20-36(39)44-32-30-42-28-26-41-27-29-43-31-33-45-37(40)34-21-23-35(24-22-34)38-25-6-4-2/h21-24,38H,3-20,25-33H2,1-2H3. The minimum absolute atomic E-state index is 0.139. The summed E-state index contributed by atoms with van der Waals surface area (Å²) < 4.78 is 26.9. The van der Waals surface area contributed by atoms with Crippen molar-refractivity contribution in [3.8, 4) is 0 Å². The lowest BCUT2D eigenvalue weighted by Crippen LogP contribution is -2.15. The van der Waals surface area contributed by atoms with Crippen molar-refractivity contribution in [1.29, 1.82) is 0 Å². The smallest absolute Gasteiger partial charge is 0.338 e. The number of benzene rings is 1. The Kier molecular flexibility index (Phi) is 28.9. The van der Waals surface area contributed by atoms with Crippen molar-refractivity contribution in [2.24, 2.45) is 0 Å². The fourth-order valence-corrected chi connectivity index (χ4v) is 4.88. The minimum Gasteiger partial charge on any atom is -0.463 e. The summed E-state index contributed by atoms with van der Waals surface area (Å²) in [4.78, 5) is 24.0. The van der Waals surface area contributed by atoms with Gasteiger partial charge in [-0.1, -0.05) is 110 Å². The van der Waals surface area contributed by atoms with Crippen molar-refractivity contribution < 1.29 is 33.3 Å². The SMILES string of the molecule is CCCCCCCCCCCCCCCCCC(=O)OCCOCCOCCOCCOC(=O)c1ccc(NCCCC)cc1. The van der Waals surface area contributed by atoms with Gasteiger partial charge < -0.3 is 29.0 Å². The van der Waals surface area contributed by atoms with Crippen LogP contribution < -0.4 is 5.32 Å². The number of nitrogens with one attached hydrogen (secondary N) is 1. The molecule has 45 heavy (non-hydrogen) atoms. The molecule has 0 heterocycles. The molecule has 0 aliphatic carbocycles. The van der Waals surface area contributed by atoms with Crippen LogP contribution in [0.1, 0.15) is 140 Å². The van der Waals surface area contributed by atoms with Crippen LogP contribution in [0.2, 0.25) is 0 Å². The maximum absolute atomic E-state index is 12.1. The fraction of sp³-hybridized carbons (Fsp3) is 0.784. The Morgan fingerprint density at radius 3 is 1.42 bits per heavy atom. The van der Waals surface area contributed by atoms with Crippen LogP contribution in [-0.2, 0) is 28.5 Å². The molecule has 0 aliphatic heterocycles. The summed E-state index contributed by atoms with van der Waals surface area (Å²) in [5, 5.41) is 3.32. The third kappa shape index (κ3) is 26.7. The van der Waals surface area contributed by atoms with E-state index in [9.17, 15) is 9.59 Å². The van der Waals surface area contributed by atoms with Crippen LogP contribution in [0.15, 0.2) is 24.3 Å². The molecule has 1 N–H and O–H groups in total. The lowest BCUT2D eigenvalue weighted by atomic mass is 10.0. The normalized spacial score (nSPS) is 11.1. The second-order valence-electron chi connectivity index (χ2n) is 11.8. The van der Waals surface area contributed by atoms with Crippen LogP contribution >= 0.6 is 0 Å². The van der Waals surface area contributed by atoms with Crippen LogP contribution in [0, 0.1) is 0 Å². The summed E-state index contributed by atoms with van der Waals surface area (Å²) in [6.07, 6.45) is 22.4. The predicted octanol–water partition coefficient (Wildman–Crippen LogP) is 8.91. The number of ether oxygens (including phenoxy) is 5. The highest BCUT2D eigenvalue weighted by Crippen LogP contribution is 2.14. The molecular weight excluding hydrogens is 570 g/mol. The Morgan fingerprint density at radius 2 is 0.933 bits per heavy atom. The van der Waals surface area contributed by atoms with E-state index >= 15 is 0 Å². The summed E-state index contributed by atoms with van der Waals surface area (Å²) in [5.41, 5.74) is 1.52. The topological polar surface area (TPSA) is 92.3 Å². The van der Waals surface area contributed by atoms with Gasteiger partial charge in [0.2, 0.25) is 0 Å². The maximum atomic E-state index is 12.1. The zero-order valence-corrected chi connectivity index (χ0v) is 28.8. The molecule has 0 radical (unpaired) electrons. The zero-order valence-electron chi connectivity index (χ0n) is 28.8. The molecule has 0 aromatic heterocycles. The summed E-state index contributed by atoms with van der Waals surface area (Å²) in [5.74, 6) is -0.497. The van der Waals surface area contributed by atoms with Crippen LogP contribution in [0.3, 0.4) is 0 Å². The second kappa shape index (κ2) is 31.8. The maximum Gasteiger partial charge on any atom is 0.338 e. The number of carbonyl (C=O) groups excluding carboxylic acids is 2. The van der Waals surface area contributed by atoms with Crippen molar-refractivity contribution in [3.63, 3.8) is 0 Å². The summed E-state index contributed by atoms with van der Waals surface area (Å²) >= 11 is 0. The molecule has 0 saturated heterocycles. The van der Waals surface area contributed by atoms with Gasteiger partial charge in [0.15, 0.2) is 0 Å². The van der Waals surface area contributed by atoms with Gasteiger partial charge in [0.05, 0.1) is 45.2 Å². The number of rotatable bonds is 33. The van der Waals surface area contributed by atoms with Crippen molar-refractivity contribution in [3.05, 3.63) is 29.8 Å². The molecule has 1 aromatic rings. The van der Waals surface area contributed by atoms with Crippen LogP contribution in [-0.4, -0.2) is 71.3 Å². The molecule has 0 atom stereocenters. The molecule has 0 bridgehead atoms. The van der Waals surface area contributed by atoms with Crippen molar-refractivity contribution in [1.82, 2.24) is 0 Å². The van der Waals surface area contributed by atoms with E-state index in [2.05, 4.69) is 19.2 Å². The second-order valence-corrected chi connectivity index (χ2v) is 11.8. The number of hydrogen-bond acceptors (Lipinski definition) is 8. The van der Waals surface area contributed by atoms with E-state index in [4.69, 9.17) is 23.7 Å². The van der Waals surface area contributed by atoms with E-state index in [1.165, 1.54) is 83.5 Å². The van der Waals surface area contributed by atoms with E-state index in [-0.39, 0.29) is 25.2 Å². The third-order valence-corrected chi connectivity index (χ3v) is 7.66. The average Bonchev–Trinajstić information content (AvgIpc) is 3.05. The van der Waals surface area contributed by atoms with Gasteiger partial charge in [0.25, 0.3) is 0 Å². The van der Waals surface area contributed by atoms with Gasteiger partial charge in [0, 0.05) is 18.7 Å². The van der Waals surface area contributed by atoms with Crippen LogP contribution in [0.25, 0.3) is 0 Å². The van der Waals surface area contributed by atoms with Crippen LogP contribution in [0.4, 0.5) is 5.69 Å². The number of hydrogen-bond donors (Lipinski definition) is 1. The number of esters is 2. The quantitative estimate of drug-likeness (QED) is 0.0605. The monoisotopic (exact) mass is 635 g/mol. The largest absolute Gasteiger partial charge is 0.463 e. The predicted molar refractivity (Wildman–Crippen MR) is 183 cm³/mol. The molecule has 0 fully saturated rings. The van der Waals surface area contributed by atoms with Crippen molar-refractivity contribution in [2.75, 3.05) is 64.7 Å². The van der Waals surface area contributed by atoms with E-state index in [0.29, 0.717) is 51.6 Å². The van der Waals surface area contributed by atoms with E-state index in [1.807, 2.05) is 12.1 Å². The van der Waals surface area contributed by atoms with Gasteiger partial charge in [-0.25, -0.2) is 4.79 Å². The highest BCUT2D eigenvalue weighted by atomic mass is 16.6. The van der Waals surface area contributed by atoms with E-state index in [1.54, 1.807) is 12.1 Å². The van der Waals surface area contributed by atoms with Gasteiger partial charge in [-0.3, -0.25) is 4.79 Å². The Bertz CT molecular complexity index is 802. The Morgan fingerprint density at radius 1 is 0.511 bits per heavy atom. The Hall–Kier alpha value is -2.16. The first-order chi connectivity index (χ1) is 22.2. The minimum atomic E-state index is -0.359. The molecule has 0 saturated carbocycles. The van der Waals surface area contributed by atoms with Crippen molar-refractivity contribution in [2.45, 2.75) is 129 Å². The molecule has 0 aliphatic rings. The zero-order chi connectivity index (χ0) is 32.5. The first-order valence-corrected chi connectivity index (χ1v) is 18.1. The van der Waals surface area contributed by atoms with Crippen molar-refractivity contribution >= 4 is 17.6 Å². The van der Waals surface area contributed by atoms with E-state index < -0.39 is 0 Å². The highest BCUT2D eigenvalue weighted by Gasteiger charge is 2.07. The molecular formula is C37H65NO7. The highest BCUT2D eigenvalue weighted by molar-refractivity contribution is 5.89. The average molecular weight is 636 g/mol. The first kappa shape index (κ1) is 40.9. The molecule has 0 spiro atoms. The van der Waals surface area contributed by atoms with Gasteiger partial charge in [-0.2, -0.15) is 0 Å². The van der Waals surface area contributed by atoms with Gasteiger partial charge in [-0.15, -0.1) is 0 Å². The Labute approximate surface area is 274 Å².